The van der Waals surface area contributed by atoms with E-state index < -0.39 is 21.7 Å². The molecule has 2 aromatic carbocycles. The number of sulfonamides is 1. The SMILES string of the molecule is O=S(=O)(Cc1ccc(F)cc1)Nc1ccccc1F. The van der Waals surface area contributed by atoms with Gasteiger partial charge >= 0.3 is 0 Å². The lowest BCUT2D eigenvalue weighted by molar-refractivity contribution is 0.597. The van der Waals surface area contributed by atoms with Gasteiger partial charge in [-0.2, -0.15) is 0 Å². The molecule has 0 aliphatic carbocycles. The van der Waals surface area contributed by atoms with Gasteiger partial charge in [-0.1, -0.05) is 24.3 Å². The van der Waals surface area contributed by atoms with Crippen LogP contribution >= 0.6 is 0 Å². The molecule has 0 amide bonds. The highest BCUT2D eigenvalue weighted by Gasteiger charge is 2.13. The number of nitrogens with one attached hydrogen (secondary N) is 1. The molecular formula is C13H11F2NO2S. The second-order valence-electron chi connectivity index (χ2n) is 3.97. The molecular weight excluding hydrogens is 272 g/mol. The zero-order chi connectivity index (χ0) is 13.9. The molecule has 0 aliphatic heterocycles. The molecule has 100 valence electrons. The van der Waals surface area contributed by atoms with Crippen LogP contribution < -0.4 is 4.72 Å². The number of para-hydroxylation sites is 1. The van der Waals surface area contributed by atoms with E-state index in [1.807, 2.05) is 0 Å². The first kappa shape index (κ1) is 13.5. The topological polar surface area (TPSA) is 46.2 Å². The van der Waals surface area contributed by atoms with Crippen molar-refractivity contribution in [1.29, 1.82) is 0 Å². The number of hydrogen-bond acceptors (Lipinski definition) is 2. The van der Waals surface area contributed by atoms with Crippen molar-refractivity contribution < 1.29 is 17.2 Å². The normalized spacial score (nSPS) is 11.3. The van der Waals surface area contributed by atoms with Crippen molar-refractivity contribution in [3.8, 4) is 0 Å². The van der Waals surface area contributed by atoms with Crippen LogP contribution in [0.5, 0.6) is 0 Å². The van der Waals surface area contributed by atoms with Crippen LogP contribution in [-0.2, 0) is 15.8 Å². The van der Waals surface area contributed by atoms with E-state index in [2.05, 4.69) is 4.72 Å². The predicted octanol–water partition coefficient (Wildman–Crippen LogP) is 2.91. The number of rotatable bonds is 4. The monoisotopic (exact) mass is 283 g/mol. The summed E-state index contributed by atoms with van der Waals surface area (Å²) in [5.74, 6) is -1.44. The molecule has 0 unspecified atom stereocenters. The third-order valence-electron chi connectivity index (χ3n) is 2.41. The molecule has 0 aliphatic rings. The third-order valence-corrected chi connectivity index (χ3v) is 3.65. The van der Waals surface area contributed by atoms with Gasteiger partial charge < -0.3 is 0 Å². The van der Waals surface area contributed by atoms with E-state index in [1.165, 1.54) is 42.5 Å². The lowest BCUT2D eigenvalue weighted by Crippen LogP contribution is -2.15. The summed E-state index contributed by atoms with van der Waals surface area (Å²) in [6.07, 6.45) is 0. The van der Waals surface area contributed by atoms with Crippen LogP contribution in [0.25, 0.3) is 0 Å². The van der Waals surface area contributed by atoms with Crippen LogP contribution in [0.15, 0.2) is 48.5 Å². The van der Waals surface area contributed by atoms with Crippen LogP contribution in [0, 0.1) is 11.6 Å². The molecule has 2 rings (SSSR count). The first-order valence-corrected chi connectivity index (χ1v) is 7.11. The van der Waals surface area contributed by atoms with E-state index in [9.17, 15) is 17.2 Å². The number of anilines is 1. The fourth-order valence-electron chi connectivity index (χ4n) is 1.55. The van der Waals surface area contributed by atoms with E-state index in [0.29, 0.717) is 5.56 Å². The summed E-state index contributed by atoms with van der Waals surface area (Å²) in [7, 11) is -3.74. The maximum Gasteiger partial charge on any atom is 0.237 e. The molecule has 0 fully saturated rings. The van der Waals surface area contributed by atoms with Crippen molar-refractivity contribution in [3.05, 3.63) is 65.7 Å². The van der Waals surface area contributed by atoms with Crippen molar-refractivity contribution in [2.45, 2.75) is 5.75 Å². The summed E-state index contributed by atoms with van der Waals surface area (Å²) in [5, 5.41) is 0. The lowest BCUT2D eigenvalue weighted by Gasteiger charge is -2.08. The summed E-state index contributed by atoms with van der Waals surface area (Å²) >= 11 is 0. The van der Waals surface area contributed by atoms with Gasteiger partial charge in [-0.3, -0.25) is 4.72 Å². The number of hydrogen-bond donors (Lipinski definition) is 1. The van der Waals surface area contributed by atoms with Crippen LogP contribution in [0.3, 0.4) is 0 Å². The highest BCUT2D eigenvalue weighted by molar-refractivity contribution is 7.91. The minimum absolute atomic E-state index is 0.107. The molecule has 3 nitrogen and oxygen atoms in total. The number of benzene rings is 2. The van der Waals surface area contributed by atoms with Crippen LogP contribution in [0.1, 0.15) is 5.56 Å². The molecule has 2 aromatic rings. The Bertz CT molecular complexity index is 669. The van der Waals surface area contributed by atoms with Crippen molar-refractivity contribution in [2.75, 3.05) is 4.72 Å². The summed E-state index contributed by atoms with van der Waals surface area (Å²) < 4.78 is 51.9. The van der Waals surface area contributed by atoms with E-state index in [4.69, 9.17) is 0 Å². The minimum atomic E-state index is -3.74. The van der Waals surface area contributed by atoms with Crippen LogP contribution in [-0.4, -0.2) is 8.42 Å². The number of halogens is 2. The molecule has 0 aromatic heterocycles. The van der Waals surface area contributed by atoms with Crippen LogP contribution in [0.2, 0.25) is 0 Å². The Balaban J connectivity index is 2.15. The van der Waals surface area contributed by atoms with Gasteiger partial charge in [-0.05, 0) is 29.8 Å². The second-order valence-corrected chi connectivity index (χ2v) is 5.69. The molecule has 0 saturated carbocycles. The molecule has 0 heterocycles. The Morgan fingerprint density at radius 3 is 2.21 bits per heavy atom. The Labute approximate surface area is 109 Å². The highest BCUT2D eigenvalue weighted by atomic mass is 32.2. The zero-order valence-corrected chi connectivity index (χ0v) is 10.6. The quantitative estimate of drug-likeness (QED) is 0.937. The van der Waals surface area contributed by atoms with Gasteiger partial charge in [0, 0.05) is 0 Å². The van der Waals surface area contributed by atoms with E-state index >= 15 is 0 Å². The highest BCUT2D eigenvalue weighted by Crippen LogP contribution is 2.16. The third kappa shape index (κ3) is 3.75. The molecule has 19 heavy (non-hydrogen) atoms. The molecule has 0 spiro atoms. The maximum absolute atomic E-state index is 13.3. The fourth-order valence-corrected chi connectivity index (χ4v) is 2.75. The molecule has 0 saturated heterocycles. The Kier molecular flexibility index (Phi) is 3.80. The van der Waals surface area contributed by atoms with Gasteiger partial charge in [0.25, 0.3) is 0 Å². The average Bonchev–Trinajstić information content (AvgIpc) is 2.35. The second kappa shape index (κ2) is 5.36. The summed E-state index contributed by atoms with van der Waals surface area (Å²) in [6.45, 7) is 0. The van der Waals surface area contributed by atoms with Crippen molar-refractivity contribution in [2.24, 2.45) is 0 Å². The zero-order valence-electron chi connectivity index (χ0n) is 9.81. The molecule has 0 bridgehead atoms. The van der Waals surface area contributed by atoms with Gasteiger partial charge in [-0.25, -0.2) is 17.2 Å². The fraction of sp³-hybridized carbons (Fsp3) is 0.0769. The lowest BCUT2D eigenvalue weighted by atomic mass is 10.2. The maximum atomic E-state index is 13.3. The molecule has 0 atom stereocenters. The Hall–Kier alpha value is -1.95. The van der Waals surface area contributed by atoms with Crippen molar-refractivity contribution in [1.82, 2.24) is 0 Å². The van der Waals surface area contributed by atoms with Gasteiger partial charge in [0.15, 0.2) is 0 Å². The summed E-state index contributed by atoms with van der Waals surface area (Å²) in [5.41, 5.74) is 0.315. The predicted molar refractivity (Wildman–Crippen MR) is 69.0 cm³/mol. The molecule has 0 radical (unpaired) electrons. The van der Waals surface area contributed by atoms with Crippen molar-refractivity contribution in [3.63, 3.8) is 0 Å². The first-order chi connectivity index (χ1) is 8.96. The summed E-state index contributed by atoms with van der Waals surface area (Å²) in [4.78, 5) is 0. The summed E-state index contributed by atoms with van der Waals surface area (Å²) in [6, 6.07) is 10.6. The minimum Gasteiger partial charge on any atom is -0.280 e. The van der Waals surface area contributed by atoms with E-state index in [1.54, 1.807) is 0 Å². The van der Waals surface area contributed by atoms with Gasteiger partial charge in [0.05, 0.1) is 11.4 Å². The average molecular weight is 283 g/mol. The smallest absolute Gasteiger partial charge is 0.237 e. The Morgan fingerprint density at radius 1 is 0.947 bits per heavy atom. The van der Waals surface area contributed by atoms with Crippen LogP contribution in [0.4, 0.5) is 14.5 Å². The van der Waals surface area contributed by atoms with Gasteiger partial charge in [0.2, 0.25) is 10.0 Å². The largest absolute Gasteiger partial charge is 0.280 e. The van der Waals surface area contributed by atoms with E-state index in [0.717, 1.165) is 6.07 Å². The first-order valence-electron chi connectivity index (χ1n) is 5.46. The molecule has 6 heteroatoms. The molecule has 1 N–H and O–H groups in total. The standard InChI is InChI=1S/C13H11F2NO2S/c14-11-7-5-10(6-8-11)9-19(17,18)16-13-4-2-1-3-12(13)15/h1-8,16H,9H2. The van der Waals surface area contributed by atoms with E-state index in [-0.39, 0.29) is 11.4 Å². The van der Waals surface area contributed by atoms with Crippen molar-refractivity contribution >= 4 is 15.7 Å². The van der Waals surface area contributed by atoms with Gasteiger partial charge in [0.1, 0.15) is 11.6 Å². The van der Waals surface area contributed by atoms with Gasteiger partial charge in [-0.15, -0.1) is 0 Å². The Morgan fingerprint density at radius 2 is 1.58 bits per heavy atom.